The Bertz CT molecular complexity index is 3040. The topological polar surface area (TPSA) is 24.6 Å². The zero-order chi connectivity index (χ0) is 34.6. The molecule has 0 N–H and O–H groups in total. The van der Waals surface area contributed by atoms with Gasteiger partial charge in [-0.1, -0.05) is 109 Å². The normalized spacial score (nSPS) is 12.8. The molecule has 0 saturated heterocycles. The molecule has 0 spiro atoms. The number of rotatable bonds is 4. The Hall–Kier alpha value is -6.98. The lowest BCUT2D eigenvalue weighted by molar-refractivity contribution is 0.669. The van der Waals surface area contributed by atoms with Gasteiger partial charge >= 0.3 is 0 Å². The summed E-state index contributed by atoms with van der Waals surface area (Å²) in [6, 6.07) is 65.9. The third-order valence-electron chi connectivity index (χ3n) is 11.3. The molecular formula is C48H30BN3O. The number of hydrogen-bond donors (Lipinski definition) is 0. The minimum absolute atomic E-state index is 0.0456. The lowest BCUT2D eigenvalue weighted by atomic mass is 9.34. The van der Waals surface area contributed by atoms with Gasteiger partial charge in [-0.15, -0.1) is 0 Å². The highest BCUT2D eigenvalue weighted by Gasteiger charge is 2.42. The van der Waals surface area contributed by atoms with Gasteiger partial charge in [-0.05, 0) is 89.2 Å². The lowest BCUT2D eigenvalue weighted by Gasteiger charge is -2.41. The monoisotopic (exact) mass is 675 g/mol. The van der Waals surface area contributed by atoms with E-state index in [1.54, 1.807) is 0 Å². The van der Waals surface area contributed by atoms with Gasteiger partial charge in [0.1, 0.15) is 11.2 Å². The van der Waals surface area contributed by atoms with Crippen molar-refractivity contribution >= 4 is 101 Å². The summed E-state index contributed by atoms with van der Waals surface area (Å²) in [7, 11) is 0. The first-order valence-corrected chi connectivity index (χ1v) is 18.2. The van der Waals surface area contributed by atoms with Gasteiger partial charge in [0.05, 0.1) is 16.6 Å². The zero-order valence-electron chi connectivity index (χ0n) is 28.6. The Balaban J connectivity index is 1.29. The van der Waals surface area contributed by atoms with Gasteiger partial charge in [0.25, 0.3) is 6.71 Å². The Morgan fingerprint density at radius 2 is 1.06 bits per heavy atom. The molecule has 0 unspecified atom stereocenters. The minimum atomic E-state index is 0.0456. The molecule has 0 atom stereocenters. The van der Waals surface area contributed by atoms with Crippen molar-refractivity contribution in [2.75, 3.05) is 9.80 Å². The molecule has 0 radical (unpaired) electrons. The van der Waals surface area contributed by atoms with E-state index in [0.717, 1.165) is 44.7 Å². The van der Waals surface area contributed by atoms with Gasteiger partial charge in [0.2, 0.25) is 0 Å². The molecule has 5 heteroatoms. The summed E-state index contributed by atoms with van der Waals surface area (Å²) in [5.41, 5.74) is 16.2. The number of fused-ring (bicyclic) bond motifs is 11. The summed E-state index contributed by atoms with van der Waals surface area (Å²) in [5, 5.41) is 4.77. The van der Waals surface area contributed by atoms with Gasteiger partial charge in [0.15, 0.2) is 0 Å². The van der Waals surface area contributed by atoms with E-state index in [1.807, 2.05) is 0 Å². The molecule has 246 valence electrons. The fourth-order valence-electron chi connectivity index (χ4n) is 9.27. The van der Waals surface area contributed by atoms with Crippen LogP contribution in [-0.4, -0.2) is 11.3 Å². The molecular weight excluding hydrogens is 645 g/mol. The average molecular weight is 676 g/mol. The van der Waals surface area contributed by atoms with Gasteiger partial charge in [0, 0.05) is 55.8 Å². The maximum Gasteiger partial charge on any atom is 0.252 e. The van der Waals surface area contributed by atoms with Crippen molar-refractivity contribution in [1.29, 1.82) is 0 Å². The molecule has 10 aromatic rings. The zero-order valence-corrected chi connectivity index (χ0v) is 28.6. The van der Waals surface area contributed by atoms with E-state index < -0.39 is 0 Å². The van der Waals surface area contributed by atoms with Crippen LogP contribution in [0.4, 0.5) is 34.1 Å². The van der Waals surface area contributed by atoms with E-state index in [9.17, 15) is 0 Å². The molecule has 0 bridgehead atoms. The highest BCUT2D eigenvalue weighted by atomic mass is 16.3. The molecule has 12 rings (SSSR count). The van der Waals surface area contributed by atoms with Crippen LogP contribution in [0.5, 0.6) is 0 Å². The van der Waals surface area contributed by atoms with Crippen LogP contribution in [0.3, 0.4) is 0 Å². The lowest BCUT2D eigenvalue weighted by Crippen LogP contribution is -2.60. The van der Waals surface area contributed by atoms with Crippen LogP contribution in [-0.2, 0) is 0 Å². The maximum absolute atomic E-state index is 6.54. The molecule has 4 heterocycles. The van der Waals surface area contributed by atoms with E-state index in [2.05, 4.69) is 196 Å². The number of benzene rings is 8. The summed E-state index contributed by atoms with van der Waals surface area (Å²) < 4.78 is 9.10. The van der Waals surface area contributed by atoms with Crippen LogP contribution in [0, 0.1) is 0 Å². The summed E-state index contributed by atoms with van der Waals surface area (Å²) in [6.45, 7) is 0.0456. The number of para-hydroxylation sites is 6. The second-order valence-electron chi connectivity index (χ2n) is 14.1. The summed E-state index contributed by atoms with van der Waals surface area (Å²) in [6.07, 6.45) is 0. The number of nitrogens with zero attached hydrogens (tertiary/aromatic N) is 3. The summed E-state index contributed by atoms with van der Waals surface area (Å²) in [5.74, 6) is 0. The second-order valence-corrected chi connectivity index (χ2v) is 14.1. The molecule has 53 heavy (non-hydrogen) atoms. The Kier molecular flexibility index (Phi) is 5.83. The third kappa shape index (κ3) is 3.91. The van der Waals surface area contributed by atoms with Crippen molar-refractivity contribution in [2.45, 2.75) is 0 Å². The van der Waals surface area contributed by atoms with Crippen molar-refractivity contribution in [3.8, 4) is 5.69 Å². The highest BCUT2D eigenvalue weighted by Crippen LogP contribution is 2.47. The fourth-order valence-corrected chi connectivity index (χ4v) is 9.27. The molecule has 2 aliphatic heterocycles. The molecule has 0 fully saturated rings. The Labute approximate surface area is 306 Å². The molecule has 4 nitrogen and oxygen atoms in total. The van der Waals surface area contributed by atoms with Crippen LogP contribution < -0.4 is 26.2 Å². The van der Waals surface area contributed by atoms with Gasteiger partial charge in [-0.25, -0.2) is 0 Å². The fraction of sp³-hybridized carbons (Fsp3) is 0. The molecule has 0 saturated carbocycles. The van der Waals surface area contributed by atoms with Crippen LogP contribution in [0.15, 0.2) is 186 Å². The first-order valence-electron chi connectivity index (χ1n) is 18.2. The maximum atomic E-state index is 6.54. The number of hydrogen-bond acceptors (Lipinski definition) is 3. The van der Waals surface area contributed by atoms with Gasteiger partial charge in [-0.2, -0.15) is 0 Å². The minimum Gasteiger partial charge on any atom is -0.456 e. The molecule has 8 aromatic carbocycles. The molecule has 0 aliphatic carbocycles. The van der Waals surface area contributed by atoms with Crippen LogP contribution in [0.2, 0.25) is 0 Å². The third-order valence-corrected chi connectivity index (χ3v) is 11.3. The van der Waals surface area contributed by atoms with E-state index in [-0.39, 0.29) is 6.71 Å². The predicted molar refractivity (Wildman–Crippen MR) is 222 cm³/mol. The van der Waals surface area contributed by atoms with Crippen LogP contribution in [0.1, 0.15) is 0 Å². The average Bonchev–Trinajstić information content (AvgIpc) is 3.77. The largest absolute Gasteiger partial charge is 0.456 e. The van der Waals surface area contributed by atoms with Crippen molar-refractivity contribution in [3.05, 3.63) is 182 Å². The predicted octanol–water partition coefficient (Wildman–Crippen LogP) is 10.8. The van der Waals surface area contributed by atoms with Crippen molar-refractivity contribution in [2.24, 2.45) is 0 Å². The molecule has 0 amide bonds. The van der Waals surface area contributed by atoms with E-state index >= 15 is 0 Å². The smallest absolute Gasteiger partial charge is 0.252 e. The van der Waals surface area contributed by atoms with E-state index in [0.29, 0.717) is 0 Å². The number of anilines is 6. The van der Waals surface area contributed by atoms with Crippen molar-refractivity contribution in [1.82, 2.24) is 4.57 Å². The molecule has 2 aliphatic rings. The van der Waals surface area contributed by atoms with E-state index in [1.165, 1.54) is 55.3 Å². The molecule has 2 aromatic heterocycles. The Morgan fingerprint density at radius 3 is 1.85 bits per heavy atom. The highest BCUT2D eigenvalue weighted by molar-refractivity contribution is 7.00. The van der Waals surface area contributed by atoms with Gasteiger partial charge < -0.3 is 18.8 Å². The van der Waals surface area contributed by atoms with E-state index in [4.69, 9.17) is 4.42 Å². The second kappa shape index (κ2) is 10.8. The quantitative estimate of drug-likeness (QED) is 0.174. The van der Waals surface area contributed by atoms with Crippen molar-refractivity contribution in [3.63, 3.8) is 0 Å². The SMILES string of the molecule is c1ccc(N(c2ccccc2)c2cc3c4c(c2)-n2c5c(cccc5c5ccc6oc7ccccc7c6c52)B4c2ccccc2N3c2ccccc2)cc1. The van der Waals surface area contributed by atoms with Crippen LogP contribution in [0.25, 0.3) is 49.4 Å². The van der Waals surface area contributed by atoms with Crippen LogP contribution >= 0.6 is 0 Å². The first kappa shape index (κ1) is 28.7. The standard InChI is InChI=1S/C48H30BN3O/c1-4-15-31(16-5-1)50(32-17-6-2-7-18-32)34-29-41-46-42(30-34)52-47-35(36-27-28-44-45(48(36)52)37-21-10-13-26-43(37)53-44)22-14-24-39(47)49(46)38-23-11-12-25-40(38)51(41)33-19-8-3-9-20-33/h1-30H. The number of furan rings is 1. The summed E-state index contributed by atoms with van der Waals surface area (Å²) >= 11 is 0. The summed E-state index contributed by atoms with van der Waals surface area (Å²) in [4.78, 5) is 4.86. The Morgan fingerprint density at radius 1 is 0.434 bits per heavy atom. The number of aromatic nitrogens is 1. The van der Waals surface area contributed by atoms with Crippen molar-refractivity contribution < 1.29 is 4.42 Å². The van der Waals surface area contributed by atoms with Gasteiger partial charge in [-0.3, -0.25) is 0 Å². The first-order chi connectivity index (χ1) is 26.3.